The van der Waals surface area contributed by atoms with Crippen LogP contribution < -0.4 is 0 Å². The molecule has 156 valence electrons. The van der Waals surface area contributed by atoms with Gasteiger partial charge in [-0.1, -0.05) is 84.5 Å². The summed E-state index contributed by atoms with van der Waals surface area (Å²) in [5.74, 6) is 0.113. The molecule has 0 rings (SSSR count). The van der Waals surface area contributed by atoms with Crippen molar-refractivity contribution in [2.45, 2.75) is 115 Å². The molecular weight excluding hydrogens is 348 g/mol. The van der Waals surface area contributed by atoms with Gasteiger partial charge in [-0.3, -0.25) is 4.79 Å². The van der Waals surface area contributed by atoms with E-state index in [9.17, 15) is 13.2 Å². The third-order valence-electron chi connectivity index (χ3n) is 5.17. The number of rotatable bonds is 18. The molecule has 0 heterocycles. The lowest BCUT2D eigenvalue weighted by atomic mass is 10.0. The molecule has 0 fully saturated rings. The van der Waals surface area contributed by atoms with Crippen LogP contribution in [-0.2, 0) is 19.4 Å². The fraction of sp³-hybridized carbons (Fsp3) is 0.952. The zero-order chi connectivity index (χ0) is 19.7. The fourth-order valence-electron chi connectivity index (χ4n) is 3.34. The van der Waals surface area contributed by atoms with E-state index >= 15 is 0 Å². The molecule has 0 aromatic rings. The minimum absolute atomic E-state index is 0.145. The molecule has 0 saturated heterocycles. The maximum atomic E-state index is 12.3. The Morgan fingerprint density at radius 2 is 1.23 bits per heavy atom. The summed E-state index contributed by atoms with van der Waals surface area (Å²) in [5.41, 5.74) is 0. The van der Waals surface area contributed by atoms with Gasteiger partial charge in [0.15, 0.2) is 9.84 Å². The van der Waals surface area contributed by atoms with Crippen molar-refractivity contribution in [3.05, 3.63) is 0 Å². The van der Waals surface area contributed by atoms with E-state index in [0.717, 1.165) is 57.8 Å². The summed E-state index contributed by atoms with van der Waals surface area (Å²) < 4.78 is 29.3. The van der Waals surface area contributed by atoms with Crippen LogP contribution in [0.5, 0.6) is 0 Å². The molecular formula is C21H42O4S. The second-order valence-electron chi connectivity index (χ2n) is 7.37. The van der Waals surface area contributed by atoms with Gasteiger partial charge in [0, 0.05) is 12.2 Å². The van der Waals surface area contributed by atoms with Crippen molar-refractivity contribution < 1.29 is 17.9 Å². The Morgan fingerprint density at radius 3 is 1.69 bits per heavy atom. The van der Waals surface area contributed by atoms with E-state index < -0.39 is 9.84 Å². The van der Waals surface area contributed by atoms with Crippen molar-refractivity contribution in [1.29, 1.82) is 0 Å². The first kappa shape index (κ1) is 25.4. The Morgan fingerprint density at radius 1 is 0.769 bits per heavy atom. The van der Waals surface area contributed by atoms with Gasteiger partial charge in [0.05, 0.1) is 12.4 Å². The molecule has 4 nitrogen and oxygen atoms in total. The second-order valence-corrected chi connectivity index (χ2v) is 9.94. The van der Waals surface area contributed by atoms with Crippen LogP contribution in [0.4, 0.5) is 0 Å². The van der Waals surface area contributed by atoms with Crippen molar-refractivity contribution in [3.8, 4) is 0 Å². The highest BCUT2D eigenvalue weighted by atomic mass is 32.2. The molecule has 0 radical (unpaired) electrons. The SMILES string of the molecule is CCCCCCCCCC(CCCCCCCC(=O)OC)S(=O)(=O)CC. The van der Waals surface area contributed by atoms with Gasteiger partial charge >= 0.3 is 5.97 Å². The first-order chi connectivity index (χ1) is 12.5. The van der Waals surface area contributed by atoms with Crippen LogP contribution in [-0.4, -0.2) is 32.5 Å². The lowest BCUT2D eigenvalue weighted by Gasteiger charge is -2.16. The van der Waals surface area contributed by atoms with E-state index in [1.807, 2.05) is 0 Å². The van der Waals surface area contributed by atoms with Crippen LogP contribution in [0.1, 0.15) is 110 Å². The van der Waals surface area contributed by atoms with Gasteiger partial charge in [-0.2, -0.15) is 0 Å². The van der Waals surface area contributed by atoms with Gasteiger partial charge in [0.1, 0.15) is 0 Å². The molecule has 0 spiro atoms. The molecule has 0 saturated carbocycles. The largest absolute Gasteiger partial charge is 0.469 e. The van der Waals surface area contributed by atoms with Crippen LogP contribution in [0, 0.1) is 0 Å². The van der Waals surface area contributed by atoms with E-state index in [1.165, 1.54) is 39.2 Å². The average Bonchev–Trinajstić information content (AvgIpc) is 2.64. The molecule has 0 aromatic heterocycles. The third-order valence-corrected chi connectivity index (χ3v) is 7.47. The Labute approximate surface area is 162 Å². The average molecular weight is 391 g/mol. The molecule has 0 N–H and O–H groups in total. The predicted octanol–water partition coefficient (Wildman–Crippen LogP) is 5.83. The van der Waals surface area contributed by atoms with Crippen LogP contribution in [0.3, 0.4) is 0 Å². The number of carbonyl (C=O) groups excluding carboxylic acids is 1. The summed E-state index contributed by atoms with van der Waals surface area (Å²) in [6.45, 7) is 3.99. The summed E-state index contributed by atoms with van der Waals surface area (Å²) in [7, 11) is -1.52. The Hall–Kier alpha value is -0.580. The number of ether oxygens (including phenoxy) is 1. The molecule has 0 aliphatic carbocycles. The van der Waals surface area contributed by atoms with Crippen molar-refractivity contribution >= 4 is 15.8 Å². The normalized spacial score (nSPS) is 12.9. The monoisotopic (exact) mass is 390 g/mol. The van der Waals surface area contributed by atoms with E-state index in [0.29, 0.717) is 6.42 Å². The Kier molecular flexibility index (Phi) is 16.2. The summed E-state index contributed by atoms with van der Waals surface area (Å²) in [6, 6.07) is 0. The van der Waals surface area contributed by atoms with Gasteiger partial charge in [-0.15, -0.1) is 0 Å². The number of esters is 1. The first-order valence-electron chi connectivity index (χ1n) is 10.8. The van der Waals surface area contributed by atoms with Gasteiger partial charge in [0.2, 0.25) is 0 Å². The summed E-state index contributed by atoms with van der Waals surface area (Å²) in [4.78, 5) is 11.0. The molecule has 0 aliphatic rings. The second kappa shape index (κ2) is 16.6. The summed E-state index contributed by atoms with van der Waals surface area (Å²) >= 11 is 0. The molecule has 26 heavy (non-hydrogen) atoms. The lowest BCUT2D eigenvalue weighted by Crippen LogP contribution is -2.23. The maximum absolute atomic E-state index is 12.3. The van der Waals surface area contributed by atoms with Crippen molar-refractivity contribution in [3.63, 3.8) is 0 Å². The van der Waals surface area contributed by atoms with Gasteiger partial charge < -0.3 is 4.74 Å². The van der Waals surface area contributed by atoms with Crippen molar-refractivity contribution in [2.24, 2.45) is 0 Å². The van der Waals surface area contributed by atoms with Gasteiger partial charge in [-0.05, 0) is 19.3 Å². The fourth-order valence-corrected chi connectivity index (χ4v) is 4.86. The van der Waals surface area contributed by atoms with E-state index in [-0.39, 0.29) is 17.0 Å². The Bertz CT molecular complexity index is 431. The number of carbonyl (C=O) groups is 1. The minimum Gasteiger partial charge on any atom is -0.469 e. The predicted molar refractivity (Wildman–Crippen MR) is 110 cm³/mol. The molecule has 1 atom stereocenters. The number of sulfone groups is 1. The zero-order valence-corrected chi connectivity index (χ0v) is 18.2. The molecule has 0 bridgehead atoms. The molecule has 0 amide bonds. The first-order valence-corrected chi connectivity index (χ1v) is 12.5. The summed E-state index contributed by atoms with van der Waals surface area (Å²) in [6.07, 6.45) is 15.7. The van der Waals surface area contributed by atoms with Crippen molar-refractivity contribution in [2.75, 3.05) is 12.9 Å². The van der Waals surface area contributed by atoms with Crippen LogP contribution in [0.2, 0.25) is 0 Å². The van der Waals surface area contributed by atoms with Crippen LogP contribution in [0.15, 0.2) is 0 Å². The number of unbranched alkanes of at least 4 members (excludes halogenated alkanes) is 10. The molecule has 0 aliphatic heterocycles. The number of methoxy groups -OCH3 is 1. The van der Waals surface area contributed by atoms with Crippen molar-refractivity contribution in [1.82, 2.24) is 0 Å². The topological polar surface area (TPSA) is 60.4 Å². The highest BCUT2D eigenvalue weighted by molar-refractivity contribution is 7.91. The molecule has 5 heteroatoms. The molecule has 1 unspecified atom stereocenters. The quantitative estimate of drug-likeness (QED) is 0.218. The number of hydrogen-bond acceptors (Lipinski definition) is 4. The highest BCUT2D eigenvalue weighted by Crippen LogP contribution is 2.20. The molecule has 0 aromatic carbocycles. The van der Waals surface area contributed by atoms with Gasteiger partial charge in [-0.25, -0.2) is 8.42 Å². The minimum atomic E-state index is -2.93. The van der Waals surface area contributed by atoms with Gasteiger partial charge in [0.25, 0.3) is 0 Å². The lowest BCUT2D eigenvalue weighted by molar-refractivity contribution is -0.140. The standard InChI is InChI=1S/C21H42O4S/c1-4-6-7-8-9-11-14-17-20(26(23,24)5-2)18-15-12-10-13-16-19-21(22)25-3/h20H,4-19H2,1-3H3. The van der Waals surface area contributed by atoms with Crippen LogP contribution >= 0.6 is 0 Å². The summed E-state index contributed by atoms with van der Waals surface area (Å²) in [5, 5.41) is -0.154. The Balaban J connectivity index is 3.93. The van der Waals surface area contributed by atoms with E-state index in [4.69, 9.17) is 0 Å². The highest BCUT2D eigenvalue weighted by Gasteiger charge is 2.22. The third kappa shape index (κ3) is 13.6. The zero-order valence-electron chi connectivity index (χ0n) is 17.4. The maximum Gasteiger partial charge on any atom is 0.305 e. The van der Waals surface area contributed by atoms with Crippen LogP contribution in [0.25, 0.3) is 0 Å². The van der Waals surface area contributed by atoms with E-state index in [2.05, 4.69) is 11.7 Å². The van der Waals surface area contributed by atoms with E-state index in [1.54, 1.807) is 6.92 Å². The number of hydrogen-bond donors (Lipinski definition) is 0. The smallest absolute Gasteiger partial charge is 0.305 e.